The zero-order chi connectivity index (χ0) is 20.6. The smallest absolute Gasteiger partial charge is 0.269 e. The van der Waals surface area contributed by atoms with Crippen LogP contribution in [0.2, 0.25) is 0 Å². The van der Waals surface area contributed by atoms with Crippen LogP contribution in [-0.2, 0) is 16.6 Å². The van der Waals surface area contributed by atoms with Crippen LogP contribution in [-0.4, -0.2) is 45.7 Å². The Hall–Kier alpha value is -2.65. The van der Waals surface area contributed by atoms with Crippen LogP contribution in [0.25, 0.3) is 11.4 Å². The molecule has 0 fully saturated rings. The van der Waals surface area contributed by atoms with E-state index in [1.807, 2.05) is 36.6 Å². The molecule has 0 radical (unpaired) electrons. The van der Waals surface area contributed by atoms with E-state index in [4.69, 9.17) is 0 Å². The molecule has 150 valence electrons. The van der Waals surface area contributed by atoms with Gasteiger partial charge in [-0.3, -0.25) is 4.79 Å². The summed E-state index contributed by atoms with van der Waals surface area (Å²) in [5, 5.41) is 9.29. The molecule has 1 aliphatic rings. The molecule has 0 saturated heterocycles. The van der Waals surface area contributed by atoms with Crippen LogP contribution in [0.15, 0.2) is 58.6 Å². The van der Waals surface area contributed by atoms with Gasteiger partial charge in [-0.2, -0.15) is 0 Å². The van der Waals surface area contributed by atoms with Crippen molar-refractivity contribution in [3.63, 3.8) is 0 Å². The number of fused-ring (bicyclic) bond motifs is 1. The van der Waals surface area contributed by atoms with Gasteiger partial charge in [0.25, 0.3) is 15.9 Å². The van der Waals surface area contributed by atoms with E-state index in [1.54, 1.807) is 18.2 Å². The maximum Gasteiger partial charge on any atom is 0.269 e. The van der Waals surface area contributed by atoms with Gasteiger partial charge in [-0.15, -0.1) is 10.2 Å². The number of hydrogen-bond acceptors (Lipinski definition) is 6. The average molecular weight is 429 g/mol. The highest BCUT2D eigenvalue weighted by Gasteiger charge is 2.40. The van der Waals surface area contributed by atoms with Gasteiger partial charge in [0, 0.05) is 24.4 Å². The number of carbonyl (C=O) groups is 1. The highest BCUT2D eigenvalue weighted by molar-refractivity contribution is 7.99. The summed E-state index contributed by atoms with van der Waals surface area (Å²) in [6, 6.07) is 14.4. The van der Waals surface area contributed by atoms with Crippen molar-refractivity contribution in [2.75, 3.05) is 12.3 Å². The summed E-state index contributed by atoms with van der Waals surface area (Å²) < 4.78 is 28.2. The molecule has 29 heavy (non-hydrogen) atoms. The van der Waals surface area contributed by atoms with Gasteiger partial charge in [0.1, 0.15) is 4.90 Å². The standard InChI is InChI=1S/C20H20N4O3S2/c1-3-23-18(15-8-6-7-14(2)13-15)21-22-20(23)28-12-11-24-19(25)16-9-4-5-10-17(16)29(24,26)27/h4-10,13H,3,11-12H2,1-2H3. The fraction of sp³-hybridized carbons (Fsp3) is 0.250. The zero-order valence-corrected chi connectivity index (χ0v) is 17.7. The van der Waals surface area contributed by atoms with E-state index in [-0.39, 0.29) is 17.0 Å². The molecule has 1 amide bonds. The number of aromatic nitrogens is 3. The van der Waals surface area contributed by atoms with E-state index < -0.39 is 15.9 Å². The fourth-order valence-corrected chi connectivity index (χ4v) is 5.96. The van der Waals surface area contributed by atoms with Crippen molar-refractivity contribution in [2.24, 2.45) is 0 Å². The van der Waals surface area contributed by atoms with Crippen molar-refractivity contribution in [2.45, 2.75) is 30.4 Å². The van der Waals surface area contributed by atoms with Crippen molar-refractivity contribution in [1.29, 1.82) is 0 Å². The minimum absolute atomic E-state index is 0.0773. The summed E-state index contributed by atoms with van der Waals surface area (Å²) in [6.45, 7) is 4.80. The number of carbonyl (C=O) groups excluding carboxylic acids is 1. The third-order valence-corrected chi connectivity index (χ3v) is 7.53. The predicted molar refractivity (Wildman–Crippen MR) is 111 cm³/mol. The lowest BCUT2D eigenvalue weighted by Gasteiger charge is -2.14. The predicted octanol–water partition coefficient (Wildman–Crippen LogP) is 3.21. The van der Waals surface area contributed by atoms with E-state index in [2.05, 4.69) is 16.3 Å². The van der Waals surface area contributed by atoms with Crippen LogP contribution in [0.3, 0.4) is 0 Å². The minimum atomic E-state index is -3.78. The Morgan fingerprint density at radius 2 is 1.86 bits per heavy atom. The number of sulfonamides is 1. The monoisotopic (exact) mass is 428 g/mol. The van der Waals surface area contributed by atoms with Gasteiger partial charge in [0.05, 0.1) is 5.56 Å². The van der Waals surface area contributed by atoms with Gasteiger partial charge in [-0.05, 0) is 32.0 Å². The van der Waals surface area contributed by atoms with Gasteiger partial charge in [0.2, 0.25) is 0 Å². The second-order valence-corrected chi connectivity index (χ2v) is 9.54. The van der Waals surface area contributed by atoms with E-state index in [1.165, 1.54) is 17.8 Å². The Morgan fingerprint density at radius 3 is 2.59 bits per heavy atom. The molecule has 7 nitrogen and oxygen atoms in total. The number of hydrogen-bond donors (Lipinski definition) is 0. The van der Waals surface area contributed by atoms with Crippen LogP contribution in [0.4, 0.5) is 0 Å². The molecule has 0 spiro atoms. The average Bonchev–Trinajstić information content (AvgIpc) is 3.20. The number of aryl methyl sites for hydroxylation is 1. The Labute approximate surface area is 173 Å². The normalized spacial score (nSPS) is 15.0. The number of amides is 1. The molecule has 4 rings (SSSR count). The molecule has 0 atom stereocenters. The number of rotatable bonds is 6. The first kappa shape index (κ1) is 19.7. The van der Waals surface area contributed by atoms with Crippen LogP contribution in [0.1, 0.15) is 22.8 Å². The van der Waals surface area contributed by atoms with E-state index in [0.29, 0.717) is 17.5 Å². The zero-order valence-electron chi connectivity index (χ0n) is 16.1. The summed E-state index contributed by atoms with van der Waals surface area (Å²) >= 11 is 1.39. The second kappa shape index (κ2) is 7.64. The van der Waals surface area contributed by atoms with Gasteiger partial charge >= 0.3 is 0 Å². The molecule has 0 bridgehead atoms. The van der Waals surface area contributed by atoms with Crippen LogP contribution < -0.4 is 0 Å². The maximum absolute atomic E-state index is 12.6. The molecule has 1 aliphatic heterocycles. The maximum atomic E-state index is 12.6. The number of nitrogens with zero attached hydrogens (tertiary/aromatic N) is 4. The second-order valence-electron chi connectivity index (χ2n) is 6.65. The van der Waals surface area contributed by atoms with Crippen molar-refractivity contribution in [3.05, 3.63) is 59.7 Å². The minimum Gasteiger partial charge on any atom is -0.302 e. The van der Waals surface area contributed by atoms with E-state index >= 15 is 0 Å². The molecule has 2 heterocycles. The summed E-state index contributed by atoms with van der Waals surface area (Å²) in [5.74, 6) is 0.694. The molecule has 9 heteroatoms. The number of thioether (sulfide) groups is 1. The topological polar surface area (TPSA) is 85.2 Å². The van der Waals surface area contributed by atoms with Crippen molar-refractivity contribution in [3.8, 4) is 11.4 Å². The van der Waals surface area contributed by atoms with Crippen LogP contribution >= 0.6 is 11.8 Å². The third-order valence-electron chi connectivity index (χ3n) is 4.75. The quantitative estimate of drug-likeness (QED) is 0.561. The molecule has 2 aromatic carbocycles. The van der Waals surface area contributed by atoms with Crippen molar-refractivity contribution >= 4 is 27.7 Å². The molecule has 0 saturated carbocycles. The van der Waals surface area contributed by atoms with Gasteiger partial charge in [0.15, 0.2) is 11.0 Å². The highest BCUT2D eigenvalue weighted by Crippen LogP contribution is 2.31. The lowest BCUT2D eigenvalue weighted by molar-refractivity contribution is 0.0876. The lowest BCUT2D eigenvalue weighted by atomic mass is 10.1. The molecule has 0 unspecified atom stereocenters. The molecular weight excluding hydrogens is 408 g/mol. The summed E-state index contributed by atoms with van der Waals surface area (Å²) in [5.41, 5.74) is 2.36. The van der Waals surface area contributed by atoms with E-state index in [0.717, 1.165) is 21.3 Å². The van der Waals surface area contributed by atoms with Crippen molar-refractivity contribution in [1.82, 2.24) is 19.1 Å². The molecular formula is C20H20N4O3S2. The molecule has 1 aromatic heterocycles. The first-order valence-electron chi connectivity index (χ1n) is 9.22. The Balaban J connectivity index is 1.50. The van der Waals surface area contributed by atoms with Crippen LogP contribution in [0.5, 0.6) is 0 Å². The molecule has 0 aliphatic carbocycles. The van der Waals surface area contributed by atoms with E-state index in [9.17, 15) is 13.2 Å². The van der Waals surface area contributed by atoms with Gasteiger partial charge < -0.3 is 4.57 Å². The highest BCUT2D eigenvalue weighted by atomic mass is 32.2. The summed E-state index contributed by atoms with van der Waals surface area (Å²) in [7, 11) is -3.78. The fourth-order valence-electron chi connectivity index (χ4n) is 3.35. The van der Waals surface area contributed by atoms with Gasteiger partial charge in [-0.25, -0.2) is 12.7 Å². The third kappa shape index (κ3) is 3.44. The van der Waals surface area contributed by atoms with Crippen LogP contribution in [0, 0.1) is 6.92 Å². The first-order chi connectivity index (χ1) is 13.9. The molecule has 3 aromatic rings. The SMILES string of the molecule is CCn1c(SCCN2C(=O)c3ccccc3S2(=O)=O)nnc1-c1cccc(C)c1. The lowest BCUT2D eigenvalue weighted by Crippen LogP contribution is -2.32. The summed E-state index contributed by atoms with van der Waals surface area (Å²) in [4.78, 5) is 12.6. The largest absolute Gasteiger partial charge is 0.302 e. The molecule has 0 N–H and O–H groups in total. The number of benzene rings is 2. The first-order valence-corrected chi connectivity index (χ1v) is 11.6. The summed E-state index contributed by atoms with van der Waals surface area (Å²) in [6.07, 6.45) is 0. The van der Waals surface area contributed by atoms with Gasteiger partial charge in [-0.1, -0.05) is 47.7 Å². The Kier molecular flexibility index (Phi) is 5.18. The Bertz CT molecular complexity index is 1190. The Morgan fingerprint density at radius 1 is 1.07 bits per heavy atom. The van der Waals surface area contributed by atoms with Crippen molar-refractivity contribution < 1.29 is 13.2 Å².